The van der Waals surface area contributed by atoms with Gasteiger partial charge < -0.3 is 11.1 Å². The molecule has 0 spiro atoms. The molecule has 3 N–H and O–H groups in total. The summed E-state index contributed by atoms with van der Waals surface area (Å²) in [5.41, 5.74) is 8.59. The molecule has 2 fully saturated rings. The van der Waals surface area contributed by atoms with Crippen LogP contribution in [0.15, 0.2) is 59.6 Å². The van der Waals surface area contributed by atoms with E-state index in [9.17, 15) is 4.39 Å². The summed E-state index contributed by atoms with van der Waals surface area (Å²) in [6.45, 7) is 3.12. The lowest BCUT2D eigenvalue weighted by Gasteiger charge is -2.37. The van der Waals surface area contributed by atoms with Crippen molar-refractivity contribution in [2.45, 2.75) is 50.2 Å². The topological polar surface area (TPSA) is 53.6 Å². The minimum Gasteiger partial charge on any atom is -0.370 e. The molecule has 1 saturated carbocycles. The van der Waals surface area contributed by atoms with Crippen molar-refractivity contribution in [2.75, 3.05) is 13.1 Å². The Bertz CT molecular complexity index is 800. The number of halogens is 2. The first kappa shape index (κ1) is 22.0. The first-order valence-corrected chi connectivity index (χ1v) is 10.3. The fourth-order valence-electron chi connectivity index (χ4n) is 4.26. The quantitative estimate of drug-likeness (QED) is 0.361. The van der Waals surface area contributed by atoms with Crippen LogP contribution in [-0.4, -0.2) is 36.0 Å². The predicted octanol–water partition coefficient (Wildman–Crippen LogP) is 4.26. The van der Waals surface area contributed by atoms with Crippen molar-refractivity contribution < 1.29 is 4.39 Å². The molecule has 2 aliphatic rings. The second-order valence-electron chi connectivity index (χ2n) is 8.07. The van der Waals surface area contributed by atoms with Crippen LogP contribution in [0.25, 0.3) is 0 Å². The lowest BCUT2D eigenvalue weighted by atomic mass is 9.76. The van der Waals surface area contributed by atoms with E-state index in [4.69, 9.17) is 10.7 Å². The minimum absolute atomic E-state index is 0. The van der Waals surface area contributed by atoms with Gasteiger partial charge >= 0.3 is 0 Å². The van der Waals surface area contributed by atoms with Crippen LogP contribution in [0.3, 0.4) is 0 Å². The monoisotopic (exact) mass is 508 g/mol. The Balaban J connectivity index is 0.00000240. The largest absolute Gasteiger partial charge is 0.370 e. The summed E-state index contributed by atoms with van der Waals surface area (Å²) < 4.78 is 13.3. The summed E-state index contributed by atoms with van der Waals surface area (Å²) in [6.07, 6.45) is 4.06. The Labute approximate surface area is 189 Å². The number of hydrogen-bond acceptors (Lipinski definition) is 2. The molecule has 0 unspecified atom stereocenters. The summed E-state index contributed by atoms with van der Waals surface area (Å²) in [5, 5.41) is 3.35. The van der Waals surface area contributed by atoms with Crippen molar-refractivity contribution >= 4 is 29.9 Å². The number of piperidine rings is 1. The molecular weight excluding hydrogens is 478 g/mol. The molecule has 2 aromatic rings. The molecule has 1 aliphatic heterocycles. The molecule has 0 atom stereocenters. The van der Waals surface area contributed by atoms with Crippen LogP contribution in [0, 0.1) is 5.82 Å². The smallest absolute Gasteiger partial charge is 0.189 e. The van der Waals surface area contributed by atoms with Gasteiger partial charge in [0.25, 0.3) is 0 Å². The van der Waals surface area contributed by atoms with Gasteiger partial charge in [-0.25, -0.2) is 4.39 Å². The van der Waals surface area contributed by atoms with E-state index in [1.165, 1.54) is 11.6 Å². The summed E-state index contributed by atoms with van der Waals surface area (Å²) in [6, 6.07) is 18.2. The van der Waals surface area contributed by atoms with Crippen molar-refractivity contribution in [3.63, 3.8) is 0 Å². The summed E-state index contributed by atoms with van der Waals surface area (Å²) >= 11 is 0. The fourth-order valence-corrected chi connectivity index (χ4v) is 4.26. The number of rotatable bonds is 5. The van der Waals surface area contributed by atoms with E-state index in [2.05, 4.69) is 40.5 Å². The third-order valence-corrected chi connectivity index (χ3v) is 5.94. The molecule has 0 aromatic heterocycles. The van der Waals surface area contributed by atoms with Gasteiger partial charge in [-0.05, 0) is 54.9 Å². The maximum absolute atomic E-state index is 13.3. The van der Waals surface area contributed by atoms with Crippen molar-refractivity contribution in [1.29, 1.82) is 0 Å². The second-order valence-corrected chi connectivity index (χ2v) is 8.07. The molecule has 0 bridgehead atoms. The van der Waals surface area contributed by atoms with Crippen LogP contribution < -0.4 is 11.1 Å². The summed E-state index contributed by atoms with van der Waals surface area (Å²) in [4.78, 5) is 7.19. The normalized spacial score (nSPS) is 23.1. The fraction of sp³-hybridized carbons (Fsp3) is 0.435. The number of aliphatic imine (C=N–C) groups is 1. The highest BCUT2D eigenvalue weighted by Crippen LogP contribution is 2.36. The Kier molecular flexibility index (Phi) is 7.89. The Morgan fingerprint density at radius 3 is 2.48 bits per heavy atom. The molecule has 0 radical (unpaired) electrons. The highest BCUT2D eigenvalue weighted by molar-refractivity contribution is 14.0. The molecule has 0 amide bonds. The van der Waals surface area contributed by atoms with E-state index in [0.29, 0.717) is 24.0 Å². The van der Waals surface area contributed by atoms with E-state index in [1.54, 1.807) is 12.1 Å². The summed E-state index contributed by atoms with van der Waals surface area (Å²) in [7, 11) is 0. The van der Waals surface area contributed by atoms with Crippen molar-refractivity contribution in [1.82, 2.24) is 10.2 Å². The van der Waals surface area contributed by atoms with Gasteiger partial charge in [0.1, 0.15) is 5.82 Å². The van der Waals surface area contributed by atoms with Gasteiger partial charge in [-0.3, -0.25) is 9.89 Å². The molecule has 2 aromatic carbocycles. The Morgan fingerprint density at radius 2 is 1.79 bits per heavy atom. The first-order valence-electron chi connectivity index (χ1n) is 10.3. The zero-order valence-corrected chi connectivity index (χ0v) is 19.0. The highest BCUT2D eigenvalue weighted by atomic mass is 127. The minimum atomic E-state index is -0.159. The molecule has 4 nitrogen and oxygen atoms in total. The zero-order chi connectivity index (χ0) is 19.3. The van der Waals surface area contributed by atoms with E-state index >= 15 is 0 Å². The average Bonchev–Trinajstić information content (AvgIpc) is 2.67. The molecule has 29 heavy (non-hydrogen) atoms. The first-order chi connectivity index (χ1) is 13.7. The predicted molar refractivity (Wildman–Crippen MR) is 127 cm³/mol. The third kappa shape index (κ3) is 6.15. The van der Waals surface area contributed by atoms with Crippen molar-refractivity contribution in [3.05, 3.63) is 71.5 Å². The van der Waals surface area contributed by atoms with Gasteiger partial charge in [-0.1, -0.05) is 42.5 Å². The van der Waals surface area contributed by atoms with Gasteiger partial charge in [0.15, 0.2) is 5.96 Å². The van der Waals surface area contributed by atoms with Crippen LogP contribution >= 0.6 is 24.0 Å². The van der Waals surface area contributed by atoms with Crippen LogP contribution in [0.1, 0.15) is 42.7 Å². The number of benzene rings is 2. The van der Waals surface area contributed by atoms with Gasteiger partial charge in [0.05, 0.1) is 6.04 Å². The zero-order valence-electron chi connectivity index (χ0n) is 16.6. The summed E-state index contributed by atoms with van der Waals surface area (Å²) in [5.74, 6) is 0.819. The average molecular weight is 508 g/mol. The van der Waals surface area contributed by atoms with E-state index < -0.39 is 0 Å². The standard InChI is InChI=1S/C23H29FN4.HI/c24-20-8-4-7-18(13-20)19-14-22(15-19)27-23(25)26-21-9-11-28(12-10-21)16-17-5-2-1-3-6-17;/h1-8,13,19,21-22H,9-12,14-16H2,(H3,25,26,27);1H. The van der Waals surface area contributed by atoms with Crippen LogP contribution in [0.2, 0.25) is 0 Å². The van der Waals surface area contributed by atoms with Crippen LogP contribution in [0.4, 0.5) is 4.39 Å². The van der Waals surface area contributed by atoms with Gasteiger partial charge in [-0.2, -0.15) is 0 Å². The molecule has 4 rings (SSSR count). The van der Waals surface area contributed by atoms with Gasteiger partial charge in [-0.15, -0.1) is 24.0 Å². The SMILES string of the molecule is I.NC(=NC1CCN(Cc2ccccc2)CC1)NC1CC(c2cccc(F)c2)C1. The Morgan fingerprint density at radius 1 is 1.07 bits per heavy atom. The molecule has 1 aliphatic carbocycles. The molecule has 1 saturated heterocycles. The number of likely N-dealkylation sites (tertiary alicyclic amines) is 1. The van der Waals surface area contributed by atoms with Gasteiger partial charge in [0, 0.05) is 25.7 Å². The number of nitrogens with zero attached hydrogens (tertiary/aromatic N) is 2. The lowest BCUT2D eigenvalue weighted by Crippen LogP contribution is -2.47. The van der Waals surface area contributed by atoms with Crippen LogP contribution in [-0.2, 0) is 6.54 Å². The van der Waals surface area contributed by atoms with Crippen molar-refractivity contribution in [3.8, 4) is 0 Å². The van der Waals surface area contributed by atoms with E-state index in [-0.39, 0.29) is 29.8 Å². The van der Waals surface area contributed by atoms with Crippen LogP contribution in [0.5, 0.6) is 0 Å². The molecule has 156 valence electrons. The number of nitrogens with one attached hydrogen (secondary N) is 1. The maximum Gasteiger partial charge on any atom is 0.189 e. The number of nitrogens with two attached hydrogens (primary N) is 1. The second kappa shape index (κ2) is 10.4. The number of guanidine groups is 1. The van der Waals surface area contributed by atoms with Gasteiger partial charge in [0.2, 0.25) is 0 Å². The van der Waals surface area contributed by atoms with E-state index in [0.717, 1.165) is 50.9 Å². The van der Waals surface area contributed by atoms with E-state index in [1.807, 2.05) is 6.07 Å². The molecular formula is C23H30FIN4. The molecule has 6 heteroatoms. The molecule has 1 heterocycles. The third-order valence-electron chi connectivity index (χ3n) is 5.94. The van der Waals surface area contributed by atoms with Crippen molar-refractivity contribution in [2.24, 2.45) is 10.7 Å². The number of hydrogen-bond donors (Lipinski definition) is 2. The maximum atomic E-state index is 13.3. The highest BCUT2D eigenvalue weighted by Gasteiger charge is 2.31. The lowest BCUT2D eigenvalue weighted by molar-refractivity contribution is 0.206. The Hall–Kier alpha value is -1.67.